The van der Waals surface area contributed by atoms with Gasteiger partial charge in [-0.3, -0.25) is 4.79 Å². The summed E-state index contributed by atoms with van der Waals surface area (Å²) in [7, 11) is 0. The average molecular weight is 381 g/mol. The number of rotatable bonds is 4. The van der Waals surface area contributed by atoms with E-state index in [9.17, 15) is 9.59 Å². The van der Waals surface area contributed by atoms with Gasteiger partial charge in [-0.05, 0) is 56.7 Å². The maximum atomic E-state index is 13.0. The summed E-state index contributed by atoms with van der Waals surface area (Å²) >= 11 is 1.51. The molecule has 4 nitrogen and oxygen atoms in total. The number of hydrogen-bond donors (Lipinski definition) is 1. The lowest BCUT2D eigenvalue weighted by Crippen LogP contribution is -2.24. The minimum Gasteiger partial charge on any atom is -0.450 e. The van der Waals surface area contributed by atoms with Crippen molar-refractivity contribution in [2.45, 2.75) is 46.1 Å². The van der Waals surface area contributed by atoms with Crippen LogP contribution in [0, 0.1) is 12.8 Å². The van der Waals surface area contributed by atoms with E-state index in [0.717, 1.165) is 35.9 Å². The number of H-pyrrole nitrogens is 1. The van der Waals surface area contributed by atoms with Gasteiger partial charge in [0.05, 0.1) is 0 Å². The molecular formula is C22H23NO3S. The minimum absolute atomic E-state index is 0.173. The van der Waals surface area contributed by atoms with Crippen LogP contribution in [-0.4, -0.2) is 22.8 Å². The molecular weight excluding hydrogens is 358 g/mol. The molecule has 1 aliphatic carbocycles. The Labute approximate surface area is 162 Å². The fraction of sp³-hybridized carbons (Fsp3) is 0.364. The summed E-state index contributed by atoms with van der Waals surface area (Å²) in [4.78, 5) is 30.7. The van der Waals surface area contributed by atoms with Crippen molar-refractivity contribution in [3.8, 4) is 0 Å². The highest BCUT2D eigenvalue weighted by Gasteiger charge is 2.27. The molecule has 5 heteroatoms. The van der Waals surface area contributed by atoms with Gasteiger partial charge in [0.25, 0.3) is 0 Å². The van der Waals surface area contributed by atoms with Crippen molar-refractivity contribution in [3.05, 3.63) is 56.9 Å². The summed E-state index contributed by atoms with van der Waals surface area (Å²) in [5.41, 5.74) is 3.57. The minimum atomic E-state index is -0.826. The molecule has 0 bridgehead atoms. The molecule has 1 aromatic carbocycles. The number of thiophene rings is 1. The Morgan fingerprint density at radius 3 is 2.89 bits per heavy atom. The lowest BCUT2D eigenvalue weighted by atomic mass is 9.90. The second kappa shape index (κ2) is 6.97. The summed E-state index contributed by atoms with van der Waals surface area (Å²) in [6.45, 7) is 5.76. The molecule has 27 heavy (non-hydrogen) atoms. The Bertz CT molecular complexity index is 1030. The van der Waals surface area contributed by atoms with Crippen molar-refractivity contribution in [1.82, 2.24) is 4.98 Å². The van der Waals surface area contributed by atoms with E-state index in [1.54, 1.807) is 6.92 Å². The first-order valence-electron chi connectivity index (χ1n) is 9.38. The van der Waals surface area contributed by atoms with Crippen LogP contribution in [0.15, 0.2) is 30.3 Å². The van der Waals surface area contributed by atoms with Crippen molar-refractivity contribution in [1.29, 1.82) is 0 Å². The third kappa shape index (κ3) is 3.32. The molecule has 0 aliphatic heterocycles. The predicted molar refractivity (Wildman–Crippen MR) is 108 cm³/mol. The molecule has 1 N–H and O–H groups in total. The Balaban J connectivity index is 1.53. The fourth-order valence-electron chi connectivity index (χ4n) is 3.88. The van der Waals surface area contributed by atoms with Crippen molar-refractivity contribution in [2.75, 3.05) is 0 Å². The van der Waals surface area contributed by atoms with Gasteiger partial charge in [-0.2, -0.15) is 0 Å². The quantitative estimate of drug-likeness (QED) is 0.506. The largest absolute Gasteiger partial charge is 0.450 e. The average Bonchev–Trinajstić information content (AvgIpc) is 3.20. The molecule has 2 aromatic heterocycles. The van der Waals surface area contributed by atoms with Gasteiger partial charge in [0.15, 0.2) is 6.10 Å². The monoisotopic (exact) mass is 381 g/mol. The Kier molecular flexibility index (Phi) is 4.64. The van der Waals surface area contributed by atoms with Gasteiger partial charge in [-0.1, -0.05) is 25.1 Å². The Hall–Kier alpha value is -2.40. The highest BCUT2D eigenvalue weighted by molar-refractivity contribution is 7.14. The van der Waals surface area contributed by atoms with E-state index >= 15 is 0 Å². The number of Topliss-reactive ketones (excluding diaryl/α,β-unsaturated/α-hetero) is 1. The smallest absolute Gasteiger partial charge is 0.349 e. The number of para-hydroxylation sites is 1. The number of carbonyl (C=O) groups is 2. The highest BCUT2D eigenvalue weighted by Crippen LogP contribution is 2.33. The van der Waals surface area contributed by atoms with Crippen LogP contribution >= 0.6 is 11.3 Å². The molecule has 0 fully saturated rings. The van der Waals surface area contributed by atoms with Crippen molar-refractivity contribution < 1.29 is 14.3 Å². The van der Waals surface area contributed by atoms with E-state index in [1.165, 1.54) is 21.8 Å². The zero-order chi connectivity index (χ0) is 19.1. The number of ketones is 1. The molecule has 1 aliphatic rings. The number of carbonyl (C=O) groups excluding carboxylic acids is 2. The van der Waals surface area contributed by atoms with Gasteiger partial charge in [-0.25, -0.2) is 4.79 Å². The molecule has 0 saturated heterocycles. The van der Waals surface area contributed by atoms with Gasteiger partial charge < -0.3 is 9.72 Å². The van der Waals surface area contributed by atoms with E-state index in [-0.39, 0.29) is 5.78 Å². The van der Waals surface area contributed by atoms with E-state index in [2.05, 4.69) is 11.9 Å². The first-order valence-corrected chi connectivity index (χ1v) is 10.2. The molecule has 2 atom stereocenters. The van der Waals surface area contributed by atoms with Crippen molar-refractivity contribution >= 4 is 34.0 Å². The molecule has 0 radical (unpaired) electrons. The molecule has 4 rings (SSSR count). The van der Waals surface area contributed by atoms with Crippen LogP contribution < -0.4 is 0 Å². The third-order valence-electron chi connectivity index (χ3n) is 5.32. The number of benzene rings is 1. The number of fused-ring (bicyclic) bond motifs is 2. The van der Waals surface area contributed by atoms with Crippen LogP contribution in [0.2, 0.25) is 0 Å². The zero-order valence-electron chi connectivity index (χ0n) is 15.8. The number of esters is 1. The fourth-order valence-corrected chi connectivity index (χ4v) is 4.97. The van der Waals surface area contributed by atoms with Crippen LogP contribution in [0.3, 0.4) is 0 Å². The van der Waals surface area contributed by atoms with Gasteiger partial charge >= 0.3 is 5.97 Å². The van der Waals surface area contributed by atoms with E-state index in [4.69, 9.17) is 4.74 Å². The molecule has 140 valence electrons. The maximum Gasteiger partial charge on any atom is 0.349 e. The van der Waals surface area contributed by atoms with Crippen LogP contribution in [0.5, 0.6) is 0 Å². The van der Waals surface area contributed by atoms with Gasteiger partial charge in [0, 0.05) is 27.0 Å². The number of hydrogen-bond acceptors (Lipinski definition) is 4. The molecule has 0 unspecified atom stereocenters. The third-order valence-corrected chi connectivity index (χ3v) is 6.54. The highest BCUT2D eigenvalue weighted by atomic mass is 32.1. The second-order valence-electron chi connectivity index (χ2n) is 7.49. The first kappa shape index (κ1) is 18.0. The summed E-state index contributed by atoms with van der Waals surface area (Å²) < 4.78 is 5.54. The number of ether oxygens (including phenoxy) is 1. The van der Waals surface area contributed by atoms with Gasteiger partial charge in [0.2, 0.25) is 5.78 Å². The lowest BCUT2D eigenvalue weighted by molar-refractivity contribution is 0.0324. The molecule has 0 amide bonds. The van der Waals surface area contributed by atoms with E-state index in [0.29, 0.717) is 16.4 Å². The number of aryl methyl sites for hydroxylation is 2. The normalized spacial score (nSPS) is 17.5. The summed E-state index contributed by atoms with van der Waals surface area (Å²) in [5.74, 6) is 0.0787. The van der Waals surface area contributed by atoms with Crippen LogP contribution in [-0.2, 0) is 17.6 Å². The summed E-state index contributed by atoms with van der Waals surface area (Å²) in [5, 5.41) is 0.864. The molecule has 0 spiro atoms. The number of aromatic amines is 1. The SMILES string of the molecule is Cc1[nH]c2ccccc2c1C(=O)[C@@H](C)OC(=O)c1cc2c(s1)CC[C@@H](C)C2. The number of aromatic nitrogens is 1. The number of nitrogens with one attached hydrogen (secondary N) is 1. The maximum absolute atomic E-state index is 13.0. The summed E-state index contributed by atoms with van der Waals surface area (Å²) in [6, 6.07) is 9.63. The molecule has 2 heterocycles. The van der Waals surface area contributed by atoms with E-state index < -0.39 is 12.1 Å². The molecule has 3 aromatic rings. The van der Waals surface area contributed by atoms with Gasteiger partial charge in [-0.15, -0.1) is 11.3 Å². The van der Waals surface area contributed by atoms with Crippen LogP contribution in [0.25, 0.3) is 10.9 Å². The zero-order valence-corrected chi connectivity index (χ0v) is 16.6. The standard InChI is InChI=1S/C22H23NO3S/c1-12-8-9-18-15(10-12)11-19(27-18)22(25)26-14(3)21(24)20-13(2)23-17-7-5-4-6-16(17)20/h4-7,11-12,14,23H,8-10H2,1-3H3/t12-,14-/m1/s1. The predicted octanol–water partition coefficient (Wildman–Crippen LogP) is 5.09. The van der Waals surface area contributed by atoms with Crippen LogP contribution in [0.1, 0.15) is 56.4 Å². The Morgan fingerprint density at radius 1 is 1.30 bits per heavy atom. The Morgan fingerprint density at radius 2 is 2.07 bits per heavy atom. The van der Waals surface area contributed by atoms with Crippen molar-refractivity contribution in [3.63, 3.8) is 0 Å². The topological polar surface area (TPSA) is 59.2 Å². The van der Waals surface area contributed by atoms with Crippen LogP contribution in [0.4, 0.5) is 0 Å². The lowest BCUT2D eigenvalue weighted by Gasteiger charge is -2.16. The van der Waals surface area contributed by atoms with Gasteiger partial charge in [0.1, 0.15) is 4.88 Å². The summed E-state index contributed by atoms with van der Waals surface area (Å²) in [6.07, 6.45) is 2.38. The first-order chi connectivity index (χ1) is 12.9. The molecule has 0 saturated carbocycles. The van der Waals surface area contributed by atoms with E-state index in [1.807, 2.05) is 37.3 Å². The second-order valence-corrected chi connectivity index (χ2v) is 8.63. The van der Waals surface area contributed by atoms with Crippen molar-refractivity contribution in [2.24, 2.45) is 5.92 Å².